The molecule has 2 aromatic carbocycles. The van der Waals surface area contributed by atoms with Crippen molar-refractivity contribution in [2.24, 2.45) is 0 Å². The highest BCUT2D eigenvalue weighted by molar-refractivity contribution is 5.35. The number of hydrogen-bond acceptors (Lipinski definition) is 4. The van der Waals surface area contributed by atoms with Gasteiger partial charge in [-0.2, -0.15) is 8.78 Å². The van der Waals surface area contributed by atoms with Gasteiger partial charge >= 0.3 is 6.36 Å². The third-order valence-corrected chi connectivity index (χ3v) is 4.68. The lowest BCUT2D eigenvalue weighted by molar-refractivity contribution is -0.274. The third-order valence-electron chi connectivity index (χ3n) is 4.68. The average Bonchev–Trinajstić information content (AvgIpc) is 2.71. The van der Waals surface area contributed by atoms with Gasteiger partial charge in [-0.1, -0.05) is 30.3 Å². The van der Waals surface area contributed by atoms with Gasteiger partial charge in [0, 0.05) is 13.7 Å². The van der Waals surface area contributed by atoms with E-state index in [0.29, 0.717) is 30.6 Å². The highest BCUT2D eigenvalue weighted by atomic mass is 19.4. The van der Waals surface area contributed by atoms with E-state index >= 15 is 0 Å². The number of alkyl halides is 5. The fourth-order valence-electron chi connectivity index (χ4n) is 2.93. The summed E-state index contributed by atoms with van der Waals surface area (Å²) in [5.41, 5.74) is 1.57. The predicted molar refractivity (Wildman–Crippen MR) is 107 cm³/mol. The normalized spacial score (nSPS) is 12.9. The highest BCUT2D eigenvalue weighted by Crippen LogP contribution is 2.25. The second kappa shape index (κ2) is 11.9. The van der Waals surface area contributed by atoms with Gasteiger partial charge in [-0.15, -0.1) is 13.2 Å². The lowest BCUT2D eigenvalue weighted by Crippen LogP contribution is -2.30. The van der Waals surface area contributed by atoms with Gasteiger partial charge in [0.1, 0.15) is 18.1 Å². The Bertz CT molecular complexity index is 801. The van der Waals surface area contributed by atoms with Crippen LogP contribution in [0.3, 0.4) is 0 Å². The van der Waals surface area contributed by atoms with Crippen molar-refractivity contribution in [1.82, 2.24) is 4.90 Å². The number of aryl methyl sites for hydroxylation is 2. The molecular weight excluding hydrogens is 421 g/mol. The van der Waals surface area contributed by atoms with Crippen LogP contribution in [0.4, 0.5) is 22.0 Å². The molecule has 0 saturated carbocycles. The minimum atomic E-state index is -4.74. The molecule has 9 heteroatoms. The summed E-state index contributed by atoms with van der Waals surface area (Å²) in [6.07, 6.45) is -3.68. The van der Waals surface area contributed by atoms with Gasteiger partial charge in [0.05, 0.1) is 6.10 Å². The van der Waals surface area contributed by atoms with Gasteiger partial charge in [-0.25, -0.2) is 0 Å². The Kier molecular flexibility index (Phi) is 9.51. The van der Waals surface area contributed by atoms with Crippen LogP contribution in [0.2, 0.25) is 0 Å². The van der Waals surface area contributed by atoms with Crippen molar-refractivity contribution in [3.05, 3.63) is 59.7 Å². The number of hydrogen-bond donors (Lipinski definition) is 0. The first kappa shape index (κ1) is 24.9. The molecule has 4 nitrogen and oxygen atoms in total. The van der Waals surface area contributed by atoms with E-state index in [1.165, 1.54) is 32.4 Å². The van der Waals surface area contributed by atoms with Gasteiger partial charge in [0.25, 0.3) is 6.55 Å². The number of rotatable bonds is 12. The summed E-state index contributed by atoms with van der Waals surface area (Å²) in [7, 11) is 2.83. The third kappa shape index (κ3) is 9.10. The molecule has 0 aliphatic carbocycles. The topological polar surface area (TPSA) is 30.9 Å². The van der Waals surface area contributed by atoms with E-state index in [-0.39, 0.29) is 25.0 Å². The fourth-order valence-corrected chi connectivity index (χ4v) is 2.93. The monoisotopic (exact) mass is 447 g/mol. The smallest absolute Gasteiger partial charge is 0.491 e. The first-order valence-electron chi connectivity index (χ1n) is 9.74. The van der Waals surface area contributed by atoms with Crippen molar-refractivity contribution in [2.45, 2.75) is 38.3 Å². The molecule has 0 heterocycles. The van der Waals surface area contributed by atoms with Crippen LogP contribution >= 0.6 is 0 Å². The summed E-state index contributed by atoms with van der Waals surface area (Å²) >= 11 is 0. The van der Waals surface area contributed by atoms with E-state index < -0.39 is 12.9 Å². The lowest BCUT2D eigenvalue weighted by Gasteiger charge is -2.21. The molecule has 0 amide bonds. The van der Waals surface area contributed by atoms with Crippen molar-refractivity contribution in [2.75, 3.05) is 27.3 Å². The van der Waals surface area contributed by atoms with E-state index in [1.54, 1.807) is 12.1 Å². The molecule has 0 saturated heterocycles. The van der Waals surface area contributed by atoms with Crippen LogP contribution in [0.1, 0.15) is 17.5 Å². The molecule has 31 heavy (non-hydrogen) atoms. The quantitative estimate of drug-likeness (QED) is 0.326. The van der Waals surface area contributed by atoms with Crippen molar-refractivity contribution >= 4 is 0 Å². The van der Waals surface area contributed by atoms with Crippen molar-refractivity contribution in [3.8, 4) is 11.5 Å². The molecule has 0 bridgehead atoms. The number of para-hydroxylation sites is 1. The van der Waals surface area contributed by atoms with E-state index in [9.17, 15) is 22.0 Å². The molecule has 0 aliphatic heterocycles. The minimum absolute atomic E-state index is 0.164. The van der Waals surface area contributed by atoms with Gasteiger partial charge in [-0.05, 0) is 55.6 Å². The van der Waals surface area contributed by atoms with E-state index in [0.717, 1.165) is 10.5 Å². The Morgan fingerprint density at radius 2 is 1.74 bits per heavy atom. The van der Waals surface area contributed by atoms with Gasteiger partial charge in [0.15, 0.2) is 0 Å². The Morgan fingerprint density at radius 1 is 1.00 bits per heavy atom. The van der Waals surface area contributed by atoms with Gasteiger partial charge in [-0.3, -0.25) is 4.90 Å². The Labute approximate surface area is 178 Å². The molecule has 1 atom stereocenters. The molecule has 0 N–H and O–H groups in total. The maximum atomic E-state index is 12.6. The molecular formula is C22H26F5NO3. The second-order valence-electron chi connectivity index (χ2n) is 7.02. The average molecular weight is 447 g/mol. The van der Waals surface area contributed by atoms with Crippen LogP contribution in [-0.4, -0.2) is 51.2 Å². The largest absolute Gasteiger partial charge is 0.573 e. The van der Waals surface area contributed by atoms with Crippen LogP contribution in [0.25, 0.3) is 0 Å². The zero-order valence-electron chi connectivity index (χ0n) is 17.4. The Balaban J connectivity index is 1.94. The van der Waals surface area contributed by atoms with Crippen LogP contribution < -0.4 is 9.47 Å². The number of nitrogens with zero attached hydrogens (tertiary/aromatic N) is 1. The molecule has 0 fully saturated rings. The first-order valence-corrected chi connectivity index (χ1v) is 9.74. The SMILES string of the molecule is COC(CCN(C)C(F)F)COc1ccccc1CCc1cccc(OC(F)(F)F)c1. The number of ether oxygens (including phenoxy) is 3. The van der Waals surface area contributed by atoms with E-state index in [2.05, 4.69) is 4.74 Å². The van der Waals surface area contributed by atoms with Crippen LogP contribution in [0, 0.1) is 0 Å². The number of halogens is 5. The summed E-state index contributed by atoms with van der Waals surface area (Å²) in [6.45, 7) is -2.17. The van der Waals surface area contributed by atoms with Gasteiger partial charge < -0.3 is 14.2 Å². The predicted octanol–water partition coefficient (Wildman–Crippen LogP) is 5.31. The second-order valence-corrected chi connectivity index (χ2v) is 7.02. The molecule has 0 radical (unpaired) electrons. The first-order chi connectivity index (χ1) is 14.7. The van der Waals surface area contributed by atoms with E-state index in [1.807, 2.05) is 18.2 Å². The standard InChI is InChI=1S/C22H26F5NO3/c1-28(21(23)24)13-12-19(29-2)15-30-20-9-4-3-7-17(20)11-10-16-6-5-8-18(14-16)31-22(25,26)27/h3-9,14,19,21H,10-13,15H2,1-2H3. The minimum Gasteiger partial charge on any atom is -0.491 e. The number of benzene rings is 2. The molecule has 1 unspecified atom stereocenters. The molecule has 0 aliphatic rings. The Morgan fingerprint density at radius 3 is 2.42 bits per heavy atom. The molecule has 2 aromatic rings. The van der Waals surface area contributed by atoms with Crippen molar-refractivity contribution in [3.63, 3.8) is 0 Å². The van der Waals surface area contributed by atoms with Crippen LogP contribution in [-0.2, 0) is 17.6 Å². The Hall–Kier alpha value is -2.39. The molecule has 0 spiro atoms. The van der Waals surface area contributed by atoms with Gasteiger partial charge in [0.2, 0.25) is 0 Å². The van der Waals surface area contributed by atoms with Crippen molar-refractivity contribution < 1.29 is 36.2 Å². The summed E-state index contributed by atoms with van der Waals surface area (Å²) in [5, 5.41) is 0. The molecule has 172 valence electrons. The van der Waals surface area contributed by atoms with Crippen LogP contribution in [0.5, 0.6) is 11.5 Å². The maximum Gasteiger partial charge on any atom is 0.573 e. The summed E-state index contributed by atoms with van der Waals surface area (Å²) in [5.74, 6) is 0.362. The zero-order valence-corrected chi connectivity index (χ0v) is 17.4. The number of methoxy groups -OCH3 is 1. The highest BCUT2D eigenvalue weighted by Gasteiger charge is 2.31. The zero-order chi connectivity index (χ0) is 22.9. The fraction of sp³-hybridized carbons (Fsp3) is 0.455. The molecule has 0 aromatic heterocycles. The summed E-state index contributed by atoms with van der Waals surface area (Å²) in [6, 6.07) is 13.2. The molecule has 2 rings (SSSR count). The van der Waals surface area contributed by atoms with Crippen molar-refractivity contribution in [1.29, 1.82) is 0 Å². The van der Waals surface area contributed by atoms with E-state index in [4.69, 9.17) is 9.47 Å². The summed E-state index contributed by atoms with van der Waals surface area (Å²) < 4.78 is 77.6. The lowest BCUT2D eigenvalue weighted by atomic mass is 10.0. The summed E-state index contributed by atoms with van der Waals surface area (Å²) in [4.78, 5) is 0.927. The maximum absolute atomic E-state index is 12.6. The van der Waals surface area contributed by atoms with Crippen LogP contribution in [0.15, 0.2) is 48.5 Å².